The van der Waals surface area contributed by atoms with Crippen LogP contribution >= 0.6 is 34.8 Å². The Morgan fingerprint density at radius 1 is 1.03 bits per heavy atom. The van der Waals surface area contributed by atoms with Crippen molar-refractivity contribution >= 4 is 57.6 Å². The third kappa shape index (κ3) is 5.30. The van der Waals surface area contributed by atoms with E-state index in [4.69, 9.17) is 34.8 Å². The summed E-state index contributed by atoms with van der Waals surface area (Å²) in [6, 6.07) is 12.0. The maximum absolute atomic E-state index is 13.1. The van der Waals surface area contributed by atoms with Crippen LogP contribution in [-0.2, 0) is 6.54 Å². The molecule has 0 radical (unpaired) electrons. The molecule has 188 valence electrons. The van der Waals surface area contributed by atoms with Crippen LogP contribution in [0, 0.1) is 0 Å². The summed E-state index contributed by atoms with van der Waals surface area (Å²) in [5.74, 6) is 0. The molecule has 7 nitrogen and oxygen atoms in total. The van der Waals surface area contributed by atoms with Crippen molar-refractivity contribution in [3.8, 4) is 16.9 Å². The van der Waals surface area contributed by atoms with E-state index in [-0.39, 0.29) is 16.4 Å². The number of alkyl halides is 3. The highest BCUT2D eigenvalue weighted by molar-refractivity contribution is 6.35. The molecule has 2 heterocycles. The number of carbonyl (C=O) groups is 1. The average Bonchev–Trinajstić information content (AvgIpc) is 3.17. The molecule has 0 aliphatic heterocycles. The Morgan fingerprint density at radius 3 is 2.31 bits per heavy atom. The number of urea groups is 1. The van der Waals surface area contributed by atoms with Gasteiger partial charge in [0.2, 0.25) is 0 Å². The topological polar surface area (TPSA) is 81.0 Å². The van der Waals surface area contributed by atoms with Gasteiger partial charge >= 0.3 is 12.2 Å². The number of benzene rings is 2. The third-order valence-electron chi connectivity index (χ3n) is 5.27. The van der Waals surface area contributed by atoms with E-state index in [1.54, 1.807) is 36.4 Å². The molecule has 2 N–H and O–H groups in total. The van der Waals surface area contributed by atoms with E-state index < -0.39 is 30.7 Å². The van der Waals surface area contributed by atoms with Gasteiger partial charge in [0.25, 0.3) is 5.56 Å². The molecule has 0 atom stereocenters. The predicted octanol–water partition coefficient (Wildman–Crippen LogP) is 6.52. The number of hydrogen-bond acceptors (Lipinski definition) is 3. The van der Waals surface area contributed by atoms with Crippen molar-refractivity contribution in [3.05, 3.63) is 74.0 Å². The number of nitrogens with one attached hydrogen (secondary N) is 2. The van der Waals surface area contributed by atoms with Crippen molar-refractivity contribution in [2.24, 2.45) is 0 Å². The van der Waals surface area contributed by atoms with Gasteiger partial charge in [0.1, 0.15) is 5.69 Å². The second kappa shape index (κ2) is 10.0. The predicted molar refractivity (Wildman–Crippen MR) is 135 cm³/mol. The van der Waals surface area contributed by atoms with Gasteiger partial charge in [-0.05, 0) is 36.4 Å². The smallest absolute Gasteiger partial charge is 0.341 e. The van der Waals surface area contributed by atoms with E-state index in [2.05, 4.69) is 15.7 Å². The van der Waals surface area contributed by atoms with Crippen LogP contribution < -0.4 is 16.2 Å². The normalized spacial score (nSPS) is 11.6. The van der Waals surface area contributed by atoms with Crippen molar-refractivity contribution in [1.82, 2.24) is 19.7 Å². The fourth-order valence-electron chi connectivity index (χ4n) is 3.63. The van der Waals surface area contributed by atoms with Crippen LogP contribution in [0.5, 0.6) is 0 Å². The van der Waals surface area contributed by atoms with Gasteiger partial charge in [0.05, 0.1) is 22.8 Å². The number of aryl methyl sites for hydroxylation is 1. The number of nitrogens with zero attached hydrogens (tertiary/aromatic N) is 3. The number of aromatic nitrogens is 3. The second-order valence-corrected chi connectivity index (χ2v) is 8.96. The number of anilines is 1. The molecule has 0 saturated heterocycles. The van der Waals surface area contributed by atoms with E-state index in [1.165, 1.54) is 23.9 Å². The summed E-state index contributed by atoms with van der Waals surface area (Å²) in [5, 5.41) is 10.5. The van der Waals surface area contributed by atoms with Crippen molar-refractivity contribution in [1.29, 1.82) is 0 Å². The van der Waals surface area contributed by atoms with E-state index in [1.807, 2.05) is 0 Å². The molecule has 0 spiro atoms. The van der Waals surface area contributed by atoms with Gasteiger partial charge in [-0.15, -0.1) is 5.10 Å². The number of rotatable bonds is 5. The Labute approximate surface area is 217 Å². The summed E-state index contributed by atoms with van der Waals surface area (Å²) in [5.41, 5.74) is 0.276. The summed E-state index contributed by atoms with van der Waals surface area (Å²) in [4.78, 5) is 25.1. The summed E-state index contributed by atoms with van der Waals surface area (Å²) < 4.78 is 41.7. The fraction of sp³-hybridized carbons (Fsp3) is 0.174. The lowest BCUT2D eigenvalue weighted by molar-refractivity contribution is -0.136. The first-order chi connectivity index (χ1) is 17.0. The van der Waals surface area contributed by atoms with Gasteiger partial charge in [-0.3, -0.25) is 9.36 Å². The molecule has 2 aromatic heterocycles. The van der Waals surface area contributed by atoms with Gasteiger partial charge in [0.15, 0.2) is 5.65 Å². The zero-order chi connectivity index (χ0) is 26.2. The first-order valence-electron chi connectivity index (χ1n) is 10.4. The highest BCUT2D eigenvalue weighted by Gasteiger charge is 2.29. The number of pyridine rings is 1. The van der Waals surface area contributed by atoms with Crippen molar-refractivity contribution in [3.63, 3.8) is 0 Å². The van der Waals surface area contributed by atoms with E-state index in [0.29, 0.717) is 32.4 Å². The van der Waals surface area contributed by atoms with Crippen LogP contribution in [0.25, 0.3) is 28.0 Å². The van der Waals surface area contributed by atoms with Gasteiger partial charge < -0.3 is 10.6 Å². The minimum Gasteiger partial charge on any atom is -0.341 e. The van der Waals surface area contributed by atoms with E-state index >= 15 is 0 Å². The summed E-state index contributed by atoms with van der Waals surface area (Å²) in [6.07, 6.45) is -5.81. The van der Waals surface area contributed by atoms with Crippen LogP contribution in [-0.4, -0.2) is 33.6 Å². The Hall–Kier alpha value is -3.21. The maximum atomic E-state index is 13.1. The quantitative estimate of drug-likeness (QED) is 0.293. The Morgan fingerprint density at radius 2 is 1.69 bits per heavy atom. The summed E-state index contributed by atoms with van der Waals surface area (Å²) >= 11 is 18.5. The minimum atomic E-state index is -4.53. The Bertz CT molecular complexity index is 1510. The standard InChI is InChI=1S/C23H17Cl3F3N5O2/c1-30-22(36)31-17-11-15-19(12-2-4-13(24)5-3-12)34(18-7-6-14(25)10-16(18)26)32-20(15)33(21(17)35)9-8-23(27,28)29/h2-7,10-11H,8-9H2,1H3,(H2,30,31,36). The van der Waals surface area contributed by atoms with Gasteiger partial charge in [-0.1, -0.05) is 46.9 Å². The molecule has 4 rings (SSSR count). The first kappa shape index (κ1) is 25.9. The van der Waals surface area contributed by atoms with Crippen LogP contribution in [0.2, 0.25) is 15.1 Å². The Kier molecular flexibility index (Phi) is 7.21. The zero-order valence-corrected chi connectivity index (χ0v) is 20.7. The van der Waals surface area contributed by atoms with Crippen LogP contribution in [0.3, 0.4) is 0 Å². The fourth-order valence-corrected chi connectivity index (χ4v) is 4.25. The second-order valence-electron chi connectivity index (χ2n) is 7.68. The SMILES string of the molecule is CNC(=O)Nc1cc2c(-c3ccc(Cl)cc3)n(-c3ccc(Cl)cc3Cl)nc2n(CCC(F)(F)F)c1=O. The molecule has 36 heavy (non-hydrogen) atoms. The number of fused-ring (bicyclic) bond motifs is 1. The van der Waals surface area contributed by atoms with Gasteiger partial charge in [0, 0.05) is 34.6 Å². The van der Waals surface area contributed by atoms with Gasteiger partial charge in [-0.2, -0.15) is 13.2 Å². The molecule has 0 bridgehead atoms. The van der Waals surface area contributed by atoms with Gasteiger partial charge in [-0.25, -0.2) is 9.48 Å². The molecule has 0 aliphatic rings. The number of amides is 2. The van der Waals surface area contributed by atoms with E-state index in [9.17, 15) is 22.8 Å². The van der Waals surface area contributed by atoms with Crippen molar-refractivity contribution in [2.75, 3.05) is 12.4 Å². The first-order valence-corrected chi connectivity index (χ1v) is 11.6. The monoisotopic (exact) mass is 557 g/mol. The number of halogens is 6. The largest absolute Gasteiger partial charge is 0.390 e. The van der Waals surface area contributed by atoms with Crippen LogP contribution in [0.4, 0.5) is 23.7 Å². The average molecular weight is 559 g/mol. The molecule has 0 saturated carbocycles. The highest BCUT2D eigenvalue weighted by atomic mass is 35.5. The molecule has 2 aromatic carbocycles. The lowest BCUT2D eigenvalue weighted by Gasteiger charge is -2.12. The van der Waals surface area contributed by atoms with Crippen LogP contribution in [0.1, 0.15) is 6.42 Å². The van der Waals surface area contributed by atoms with Crippen LogP contribution in [0.15, 0.2) is 53.3 Å². The van der Waals surface area contributed by atoms with Crippen molar-refractivity contribution < 1.29 is 18.0 Å². The maximum Gasteiger partial charge on any atom is 0.390 e. The van der Waals surface area contributed by atoms with Crippen molar-refractivity contribution in [2.45, 2.75) is 19.1 Å². The molecule has 0 unspecified atom stereocenters. The molecular weight excluding hydrogens is 542 g/mol. The molecule has 13 heteroatoms. The molecule has 0 aliphatic carbocycles. The number of hydrogen-bond donors (Lipinski definition) is 2. The van der Waals surface area contributed by atoms with E-state index in [0.717, 1.165) is 4.57 Å². The molecule has 2 amide bonds. The molecule has 0 fully saturated rings. The third-order valence-corrected chi connectivity index (χ3v) is 6.06. The molecular formula is C23H17Cl3F3N5O2. The zero-order valence-electron chi connectivity index (χ0n) is 18.5. The summed E-state index contributed by atoms with van der Waals surface area (Å²) in [7, 11) is 1.34. The molecule has 4 aromatic rings. The lowest BCUT2D eigenvalue weighted by Crippen LogP contribution is -2.31. The lowest BCUT2D eigenvalue weighted by atomic mass is 10.1. The highest BCUT2D eigenvalue weighted by Crippen LogP contribution is 2.35. The Balaban J connectivity index is 2.09. The number of carbonyl (C=O) groups excluding carboxylic acids is 1. The minimum absolute atomic E-state index is 0.0253. The summed E-state index contributed by atoms with van der Waals surface area (Å²) in [6.45, 7) is -0.715.